The third-order valence-electron chi connectivity index (χ3n) is 2.62. The molecule has 0 heterocycles. The Morgan fingerprint density at radius 2 is 2.05 bits per heavy atom. The highest BCUT2D eigenvalue weighted by Crippen LogP contribution is 2.29. The van der Waals surface area contributed by atoms with Crippen molar-refractivity contribution in [1.82, 2.24) is 0 Å². The molecule has 4 nitrogen and oxygen atoms in total. The highest BCUT2D eigenvalue weighted by Gasteiger charge is 2.09. The minimum atomic E-state index is -0.454. The zero-order valence-electron chi connectivity index (χ0n) is 10.3. The van der Waals surface area contributed by atoms with Crippen LogP contribution in [0.25, 0.3) is 0 Å². The van der Waals surface area contributed by atoms with E-state index in [1.165, 1.54) is 12.1 Å². The fourth-order valence-electron chi connectivity index (χ4n) is 1.70. The molecule has 98 valence electrons. The molecule has 0 unspecified atom stereocenters. The molecule has 0 bridgehead atoms. The molecule has 0 saturated carbocycles. The van der Waals surface area contributed by atoms with E-state index >= 15 is 0 Å². The molecule has 2 aromatic rings. The molecule has 0 radical (unpaired) electrons. The van der Waals surface area contributed by atoms with Crippen molar-refractivity contribution < 1.29 is 9.66 Å². The molecule has 0 aromatic heterocycles. The summed E-state index contributed by atoms with van der Waals surface area (Å²) in [6, 6.07) is 11.7. The number of ether oxygens (including phenoxy) is 1. The summed E-state index contributed by atoms with van der Waals surface area (Å²) in [5.74, 6) is 1.36. The maximum atomic E-state index is 10.7. The Balaban J connectivity index is 2.30. The lowest BCUT2D eigenvalue weighted by atomic mass is 10.1. The van der Waals surface area contributed by atoms with Gasteiger partial charge in [-0.2, -0.15) is 0 Å². The van der Waals surface area contributed by atoms with Crippen molar-refractivity contribution in [2.24, 2.45) is 0 Å². The lowest BCUT2D eigenvalue weighted by Crippen LogP contribution is -1.92. The summed E-state index contributed by atoms with van der Waals surface area (Å²) < 4.78 is 5.66. The monoisotopic (exact) mass is 277 g/mol. The SMILES string of the molecule is Cc1ccc(Oc2cccc([N+](=O)[O-])c2)c(CCl)c1. The molecule has 0 N–H and O–H groups in total. The quantitative estimate of drug-likeness (QED) is 0.472. The number of halogens is 1. The third-order valence-corrected chi connectivity index (χ3v) is 2.90. The fraction of sp³-hybridized carbons (Fsp3) is 0.143. The van der Waals surface area contributed by atoms with Crippen molar-refractivity contribution in [3.8, 4) is 11.5 Å². The van der Waals surface area contributed by atoms with Crippen molar-refractivity contribution in [1.29, 1.82) is 0 Å². The third kappa shape index (κ3) is 3.23. The second-order valence-corrected chi connectivity index (χ2v) is 4.37. The summed E-state index contributed by atoms with van der Waals surface area (Å²) >= 11 is 5.86. The van der Waals surface area contributed by atoms with Gasteiger partial charge in [-0.05, 0) is 19.1 Å². The number of nitrogens with zero attached hydrogens (tertiary/aromatic N) is 1. The average molecular weight is 278 g/mol. The molecule has 19 heavy (non-hydrogen) atoms. The summed E-state index contributed by atoms with van der Waals surface area (Å²) in [6.45, 7) is 1.97. The maximum absolute atomic E-state index is 10.7. The van der Waals surface area contributed by atoms with Gasteiger partial charge in [0.25, 0.3) is 5.69 Å². The highest BCUT2D eigenvalue weighted by atomic mass is 35.5. The van der Waals surface area contributed by atoms with Gasteiger partial charge in [0, 0.05) is 11.6 Å². The Kier molecular flexibility index (Phi) is 4.02. The van der Waals surface area contributed by atoms with Crippen LogP contribution in [0.4, 0.5) is 5.69 Å². The summed E-state index contributed by atoms with van der Waals surface area (Å²) in [5.41, 5.74) is 1.94. The van der Waals surface area contributed by atoms with Crippen LogP contribution in [0.3, 0.4) is 0 Å². The van der Waals surface area contributed by atoms with E-state index in [2.05, 4.69) is 0 Å². The predicted octanol–water partition coefficient (Wildman–Crippen LogP) is 4.43. The Hall–Kier alpha value is -2.07. The van der Waals surface area contributed by atoms with Crippen LogP contribution in [-0.2, 0) is 5.88 Å². The van der Waals surface area contributed by atoms with Gasteiger partial charge < -0.3 is 4.74 Å². The molecule has 0 spiro atoms. The molecule has 0 atom stereocenters. The van der Waals surface area contributed by atoms with E-state index in [9.17, 15) is 10.1 Å². The molecular weight excluding hydrogens is 266 g/mol. The van der Waals surface area contributed by atoms with Gasteiger partial charge in [-0.1, -0.05) is 23.8 Å². The zero-order chi connectivity index (χ0) is 13.8. The number of nitro benzene ring substituents is 1. The van der Waals surface area contributed by atoms with Crippen molar-refractivity contribution in [2.45, 2.75) is 12.8 Å². The molecule has 2 rings (SSSR count). The summed E-state index contributed by atoms with van der Waals surface area (Å²) in [5, 5.41) is 10.7. The van der Waals surface area contributed by atoms with Crippen LogP contribution in [-0.4, -0.2) is 4.92 Å². The topological polar surface area (TPSA) is 52.4 Å². The van der Waals surface area contributed by atoms with Gasteiger partial charge >= 0.3 is 0 Å². The Bertz CT molecular complexity index is 613. The van der Waals surface area contributed by atoms with Crippen LogP contribution in [0.15, 0.2) is 42.5 Å². The first-order valence-corrected chi connectivity index (χ1v) is 6.21. The van der Waals surface area contributed by atoms with Gasteiger partial charge in [0.1, 0.15) is 11.5 Å². The van der Waals surface area contributed by atoms with Crippen molar-refractivity contribution in [3.63, 3.8) is 0 Å². The molecule has 0 aliphatic rings. The van der Waals surface area contributed by atoms with Crippen LogP contribution in [0, 0.1) is 17.0 Å². The molecule has 2 aromatic carbocycles. The first kappa shape index (κ1) is 13.4. The van der Waals surface area contributed by atoms with E-state index in [1.54, 1.807) is 12.1 Å². The number of aryl methyl sites for hydroxylation is 1. The number of nitro groups is 1. The van der Waals surface area contributed by atoms with Crippen LogP contribution in [0.1, 0.15) is 11.1 Å². The fourth-order valence-corrected chi connectivity index (χ4v) is 1.91. The van der Waals surface area contributed by atoms with E-state index in [-0.39, 0.29) is 5.69 Å². The second-order valence-electron chi connectivity index (χ2n) is 4.10. The van der Waals surface area contributed by atoms with E-state index in [0.717, 1.165) is 11.1 Å². The molecular formula is C14H12ClNO3. The normalized spacial score (nSPS) is 10.2. The molecule has 0 aliphatic carbocycles. The Morgan fingerprint density at radius 1 is 1.26 bits per heavy atom. The van der Waals surface area contributed by atoms with Crippen LogP contribution in [0.5, 0.6) is 11.5 Å². The van der Waals surface area contributed by atoms with Gasteiger partial charge in [0.2, 0.25) is 0 Å². The molecule has 5 heteroatoms. The molecule has 0 amide bonds. The van der Waals surface area contributed by atoms with Crippen molar-refractivity contribution in [3.05, 3.63) is 63.7 Å². The average Bonchev–Trinajstić information content (AvgIpc) is 2.41. The Morgan fingerprint density at radius 3 is 2.74 bits per heavy atom. The van der Waals surface area contributed by atoms with Gasteiger partial charge in [-0.3, -0.25) is 10.1 Å². The van der Waals surface area contributed by atoms with Crippen molar-refractivity contribution in [2.75, 3.05) is 0 Å². The van der Waals surface area contributed by atoms with Crippen LogP contribution >= 0.6 is 11.6 Å². The van der Waals surface area contributed by atoms with Crippen LogP contribution in [0.2, 0.25) is 0 Å². The lowest BCUT2D eigenvalue weighted by molar-refractivity contribution is -0.384. The number of alkyl halides is 1. The maximum Gasteiger partial charge on any atom is 0.273 e. The minimum Gasteiger partial charge on any atom is -0.457 e. The summed E-state index contributed by atoms with van der Waals surface area (Å²) in [4.78, 5) is 10.2. The summed E-state index contributed by atoms with van der Waals surface area (Å²) in [6.07, 6.45) is 0. The van der Waals surface area contributed by atoms with E-state index in [4.69, 9.17) is 16.3 Å². The van der Waals surface area contributed by atoms with Gasteiger partial charge in [-0.15, -0.1) is 11.6 Å². The number of benzene rings is 2. The van der Waals surface area contributed by atoms with E-state index in [1.807, 2.05) is 25.1 Å². The number of non-ortho nitro benzene ring substituents is 1. The van der Waals surface area contributed by atoms with Gasteiger partial charge in [-0.25, -0.2) is 0 Å². The second kappa shape index (κ2) is 5.71. The van der Waals surface area contributed by atoms with E-state index < -0.39 is 4.92 Å². The number of hydrogen-bond donors (Lipinski definition) is 0. The number of rotatable bonds is 4. The smallest absolute Gasteiger partial charge is 0.273 e. The lowest BCUT2D eigenvalue weighted by Gasteiger charge is -2.10. The molecule has 0 saturated heterocycles. The van der Waals surface area contributed by atoms with E-state index in [0.29, 0.717) is 17.4 Å². The van der Waals surface area contributed by atoms with Crippen LogP contribution < -0.4 is 4.74 Å². The first-order valence-electron chi connectivity index (χ1n) is 5.68. The van der Waals surface area contributed by atoms with Crippen molar-refractivity contribution >= 4 is 17.3 Å². The van der Waals surface area contributed by atoms with Gasteiger partial charge in [0.05, 0.1) is 16.9 Å². The van der Waals surface area contributed by atoms with Gasteiger partial charge in [0.15, 0.2) is 0 Å². The molecule has 0 aliphatic heterocycles. The first-order chi connectivity index (χ1) is 9.10. The minimum absolute atomic E-state index is 0.00275. The Labute approximate surface area is 115 Å². The molecule has 0 fully saturated rings. The highest BCUT2D eigenvalue weighted by molar-refractivity contribution is 6.17. The summed E-state index contributed by atoms with van der Waals surface area (Å²) in [7, 11) is 0. The predicted molar refractivity (Wildman–Crippen MR) is 73.9 cm³/mol. The number of hydrogen-bond acceptors (Lipinski definition) is 3. The standard InChI is InChI=1S/C14H12ClNO3/c1-10-5-6-14(11(7-10)9-15)19-13-4-2-3-12(8-13)16(17)18/h2-8H,9H2,1H3. The largest absolute Gasteiger partial charge is 0.457 e. The zero-order valence-corrected chi connectivity index (χ0v) is 11.1.